The summed E-state index contributed by atoms with van der Waals surface area (Å²) in [5.74, 6) is 0. The van der Waals surface area contributed by atoms with E-state index < -0.39 is 6.10 Å². The van der Waals surface area contributed by atoms with Gasteiger partial charge in [-0.05, 0) is 35.8 Å². The number of nitrogens with zero attached hydrogens (tertiary/aromatic N) is 1. The molecule has 1 atom stereocenters. The Bertz CT molecular complexity index is 472. The molecule has 2 nitrogen and oxygen atoms in total. The second-order valence-electron chi connectivity index (χ2n) is 3.66. The molecule has 1 unspecified atom stereocenters. The van der Waals surface area contributed by atoms with Crippen molar-refractivity contribution in [2.24, 2.45) is 0 Å². The minimum Gasteiger partial charge on any atom is -0.387 e. The number of aliphatic hydroxyl groups excluding tert-OH is 1. The lowest BCUT2D eigenvalue weighted by molar-refractivity contribution is 0.182. The molecule has 1 N–H and O–H groups in total. The zero-order valence-electron chi connectivity index (χ0n) is 9.03. The molecule has 0 saturated carbocycles. The molecule has 0 spiro atoms. The van der Waals surface area contributed by atoms with Gasteiger partial charge in [-0.3, -0.25) is 0 Å². The van der Waals surface area contributed by atoms with Crippen LogP contribution in [0, 0.1) is 13.8 Å². The lowest BCUT2D eigenvalue weighted by Crippen LogP contribution is -1.99. The molecule has 2 aromatic heterocycles. The Labute approximate surface area is 111 Å². The number of hydrogen-bond acceptors (Lipinski definition) is 4. The Hall–Kier alpha value is -0.230. The first-order valence-electron chi connectivity index (χ1n) is 4.91. The zero-order valence-corrected chi connectivity index (χ0v) is 12.2. The predicted octanol–water partition coefficient (Wildman–Crippen LogP) is 3.86. The van der Waals surface area contributed by atoms with Crippen LogP contribution in [0.25, 0.3) is 0 Å². The molecule has 0 aliphatic heterocycles. The summed E-state index contributed by atoms with van der Waals surface area (Å²) in [6.45, 7) is 4.01. The Kier molecular flexibility index (Phi) is 3.79. The number of thiazole rings is 1. The second-order valence-corrected chi connectivity index (χ2v) is 6.74. The second kappa shape index (κ2) is 4.96. The van der Waals surface area contributed by atoms with Crippen molar-refractivity contribution in [3.05, 3.63) is 36.4 Å². The third kappa shape index (κ3) is 2.71. The first-order valence-corrected chi connectivity index (χ1v) is 7.40. The maximum atomic E-state index is 10.1. The Morgan fingerprint density at radius 3 is 2.75 bits per heavy atom. The van der Waals surface area contributed by atoms with Crippen LogP contribution < -0.4 is 0 Å². The van der Waals surface area contributed by atoms with E-state index in [1.54, 1.807) is 22.7 Å². The Morgan fingerprint density at radius 2 is 2.25 bits per heavy atom. The van der Waals surface area contributed by atoms with E-state index in [2.05, 4.69) is 20.9 Å². The fourth-order valence-electron chi connectivity index (χ4n) is 1.41. The van der Waals surface area contributed by atoms with E-state index in [-0.39, 0.29) is 0 Å². The van der Waals surface area contributed by atoms with Gasteiger partial charge in [0.15, 0.2) is 0 Å². The van der Waals surface area contributed by atoms with Gasteiger partial charge < -0.3 is 5.11 Å². The van der Waals surface area contributed by atoms with Gasteiger partial charge >= 0.3 is 0 Å². The van der Waals surface area contributed by atoms with Gasteiger partial charge in [-0.2, -0.15) is 0 Å². The molecule has 5 heteroatoms. The number of hydrogen-bond donors (Lipinski definition) is 1. The quantitative estimate of drug-likeness (QED) is 0.932. The predicted molar refractivity (Wildman–Crippen MR) is 72.3 cm³/mol. The fourth-order valence-corrected chi connectivity index (χ4v) is 3.77. The van der Waals surface area contributed by atoms with Crippen molar-refractivity contribution < 1.29 is 5.11 Å². The molecule has 0 aliphatic rings. The van der Waals surface area contributed by atoms with Crippen LogP contribution in [0.15, 0.2) is 15.9 Å². The average Bonchev–Trinajstić information content (AvgIpc) is 2.75. The lowest BCUT2D eigenvalue weighted by Gasteiger charge is -2.05. The number of thiophene rings is 1. The van der Waals surface area contributed by atoms with Gasteiger partial charge in [0.25, 0.3) is 0 Å². The van der Waals surface area contributed by atoms with E-state index in [9.17, 15) is 5.11 Å². The van der Waals surface area contributed by atoms with E-state index >= 15 is 0 Å². The minimum atomic E-state index is -0.444. The summed E-state index contributed by atoms with van der Waals surface area (Å²) in [5, 5.41) is 13.1. The highest BCUT2D eigenvalue weighted by Crippen LogP contribution is 2.32. The molecule has 0 bridgehead atoms. The molecule has 0 fully saturated rings. The maximum absolute atomic E-state index is 10.1. The van der Waals surface area contributed by atoms with Crippen LogP contribution in [0.2, 0.25) is 0 Å². The van der Waals surface area contributed by atoms with Crippen molar-refractivity contribution in [3.63, 3.8) is 0 Å². The van der Waals surface area contributed by atoms with E-state index in [1.165, 1.54) is 4.88 Å². The van der Waals surface area contributed by atoms with Crippen LogP contribution in [-0.4, -0.2) is 10.1 Å². The van der Waals surface area contributed by atoms with Crippen molar-refractivity contribution in [2.75, 3.05) is 0 Å². The van der Waals surface area contributed by atoms with Crippen molar-refractivity contribution in [3.8, 4) is 0 Å². The number of aliphatic hydroxyl groups is 1. The SMILES string of the molecule is Cc1csc(CC(O)c2cc(Br)c(C)s2)n1. The normalized spacial score (nSPS) is 13.0. The van der Waals surface area contributed by atoms with Gasteiger partial charge in [0.2, 0.25) is 0 Å². The summed E-state index contributed by atoms with van der Waals surface area (Å²) in [5.41, 5.74) is 1.02. The molecular formula is C11H12BrNOS2. The molecule has 0 aromatic carbocycles. The van der Waals surface area contributed by atoms with Crippen LogP contribution in [0.3, 0.4) is 0 Å². The number of aryl methyl sites for hydroxylation is 2. The molecule has 0 radical (unpaired) electrons. The monoisotopic (exact) mass is 317 g/mol. The van der Waals surface area contributed by atoms with Gasteiger partial charge in [0, 0.05) is 31.7 Å². The minimum absolute atomic E-state index is 0.444. The highest BCUT2D eigenvalue weighted by Gasteiger charge is 2.14. The van der Waals surface area contributed by atoms with Gasteiger partial charge in [0.05, 0.1) is 11.1 Å². The van der Waals surface area contributed by atoms with Crippen LogP contribution in [0.4, 0.5) is 0 Å². The summed E-state index contributed by atoms with van der Waals surface area (Å²) in [6.07, 6.45) is 0.158. The highest BCUT2D eigenvalue weighted by molar-refractivity contribution is 9.10. The molecule has 2 heterocycles. The molecule has 2 aromatic rings. The summed E-state index contributed by atoms with van der Waals surface area (Å²) in [7, 11) is 0. The van der Waals surface area contributed by atoms with Crippen LogP contribution in [0.1, 0.15) is 26.6 Å². The van der Waals surface area contributed by atoms with Crippen molar-refractivity contribution >= 4 is 38.6 Å². The third-order valence-electron chi connectivity index (χ3n) is 2.24. The standard InChI is InChI=1S/C11H12BrNOS2/c1-6-5-15-11(13-6)4-9(14)10-3-8(12)7(2)16-10/h3,5,9,14H,4H2,1-2H3. The topological polar surface area (TPSA) is 33.1 Å². The van der Waals surface area contributed by atoms with Crippen LogP contribution in [0.5, 0.6) is 0 Å². The average molecular weight is 318 g/mol. The number of aromatic nitrogens is 1. The summed E-state index contributed by atoms with van der Waals surface area (Å²) >= 11 is 6.69. The molecule has 0 saturated heterocycles. The lowest BCUT2D eigenvalue weighted by atomic mass is 10.2. The molecule has 0 amide bonds. The zero-order chi connectivity index (χ0) is 11.7. The summed E-state index contributed by atoms with van der Waals surface area (Å²) < 4.78 is 1.07. The van der Waals surface area contributed by atoms with E-state index in [0.29, 0.717) is 6.42 Å². The largest absolute Gasteiger partial charge is 0.387 e. The fraction of sp³-hybridized carbons (Fsp3) is 0.364. The van der Waals surface area contributed by atoms with Crippen molar-refractivity contribution in [1.82, 2.24) is 4.98 Å². The first-order chi connectivity index (χ1) is 7.56. The van der Waals surface area contributed by atoms with Crippen molar-refractivity contribution in [2.45, 2.75) is 26.4 Å². The van der Waals surface area contributed by atoms with Gasteiger partial charge in [-0.1, -0.05) is 0 Å². The maximum Gasteiger partial charge on any atom is 0.0957 e. The van der Waals surface area contributed by atoms with Crippen molar-refractivity contribution in [1.29, 1.82) is 0 Å². The van der Waals surface area contributed by atoms with E-state index in [1.807, 2.05) is 25.3 Å². The third-order valence-corrected chi connectivity index (χ3v) is 5.47. The Balaban J connectivity index is 2.11. The molecule has 86 valence electrons. The van der Waals surface area contributed by atoms with Gasteiger partial charge in [0.1, 0.15) is 0 Å². The number of rotatable bonds is 3. The summed E-state index contributed by atoms with van der Waals surface area (Å²) in [6, 6.07) is 1.99. The highest BCUT2D eigenvalue weighted by atomic mass is 79.9. The molecule has 16 heavy (non-hydrogen) atoms. The van der Waals surface area contributed by atoms with E-state index in [0.717, 1.165) is 20.1 Å². The Morgan fingerprint density at radius 1 is 1.50 bits per heavy atom. The molecular weight excluding hydrogens is 306 g/mol. The summed E-state index contributed by atoms with van der Waals surface area (Å²) in [4.78, 5) is 6.55. The number of halogens is 1. The smallest absolute Gasteiger partial charge is 0.0957 e. The van der Waals surface area contributed by atoms with Gasteiger partial charge in [-0.15, -0.1) is 22.7 Å². The molecule has 2 rings (SSSR count). The van der Waals surface area contributed by atoms with E-state index in [4.69, 9.17) is 0 Å². The van der Waals surface area contributed by atoms with Crippen LogP contribution >= 0.6 is 38.6 Å². The van der Waals surface area contributed by atoms with Crippen LogP contribution in [-0.2, 0) is 6.42 Å². The molecule has 0 aliphatic carbocycles. The van der Waals surface area contributed by atoms with Gasteiger partial charge in [-0.25, -0.2) is 4.98 Å². The first kappa shape index (κ1) is 12.2.